The van der Waals surface area contributed by atoms with Crippen molar-refractivity contribution in [1.82, 2.24) is 25.2 Å². The van der Waals surface area contributed by atoms with Crippen molar-refractivity contribution in [1.29, 1.82) is 0 Å². The van der Waals surface area contributed by atoms with Crippen LogP contribution >= 0.6 is 11.8 Å². The van der Waals surface area contributed by atoms with E-state index in [1.807, 2.05) is 52.0 Å². The molecule has 0 bridgehead atoms. The van der Waals surface area contributed by atoms with Gasteiger partial charge in [-0.1, -0.05) is 30.0 Å². The highest BCUT2D eigenvalue weighted by Gasteiger charge is 2.25. The van der Waals surface area contributed by atoms with Gasteiger partial charge in [0.15, 0.2) is 5.78 Å². The maximum absolute atomic E-state index is 12.8. The molecule has 1 atom stereocenters. The normalized spacial score (nSPS) is 13.4. The fourth-order valence-corrected chi connectivity index (χ4v) is 3.42. The van der Waals surface area contributed by atoms with Gasteiger partial charge in [-0.05, 0) is 44.2 Å². The Labute approximate surface area is 138 Å². The van der Waals surface area contributed by atoms with E-state index in [1.54, 1.807) is 10.9 Å². The third-order valence-corrected chi connectivity index (χ3v) is 4.62. The van der Waals surface area contributed by atoms with Gasteiger partial charge in [0.1, 0.15) is 0 Å². The van der Waals surface area contributed by atoms with Crippen LogP contribution in [0.4, 0.5) is 0 Å². The van der Waals surface area contributed by atoms with Gasteiger partial charge in [0, 0.05) is 22.7 Å². The van der Waals surface area contributed by atoms with Crippen molar-refractivity contribution in [2.45, 2.75) is 43.6 Å². The zero-order valence-corrected chi connectivity index (χ0v) is 14.4. The molecule has 3 aromatic rings. The van der Waals surface area contributed by atoms with Gasteiger partial charge < -0.3 is 4.98 Å². The van der Waals surface area contributed by atoms with Gasteiger partial charge in [0.25, 0.3) is 0 Å². The molecule has 1 unspecified atom stereocenters. The van der Waals surface area contributed by atoms with Gasteiger partial charge >= 0.3 is 0 Å². The number of hydrogen-bond acceptors (Lipinski definition) is 5. The highest BCUT2D eigenvalue weighted by atomic mass is 32.2. The second kappa shape index (κ2) is 5.81. The van der Waals surface area contributed by atoms with Gasteiger partial charge in [-0.3, -0.25) is 4.79 Å². The number of benzene rings is 1. The van der Waals surface area contributed by atoms with Crippen LogP contribution in [0.15, 0.2) is 35.6 Å². The quantitative estimate of drug-likeness (QED) is 0.587. The summed E-state index contributed by atoms with van der Waals surface area (Å²) in [5, 5.41) is 13.1. The Morgan fingerprint density at radius 1 is 1.30 bits per heavy atom. The molecule has 0 aliphatic rings. The third-order valence-electron chi connectivity index (χ3n) is 3.58. The fraction of sp³-hybridized carbons (Fsp3) is 0.375. The lowest BCUT2D eigenvalue weighted by molar-refractivity contribution is 0.0995. The molecule has 0 fully saturated rings. The van der Waals surface area contributed by atoms with Gasteiger partial charge in [-0.25, -0.2) is 4.68 Å². The number of nitrogens with zero attached hydrogens (tertiary/aromatic N) is 4. The lowest BCUT2D eigenvalue weighted by Crippen LogP contribution is -2.25. The molecule has 7 heteroatoms. The molecule has 0 spiro atoms. The minimum Gasteiger partial charge on any atom is -0.360 e. The topological polar surface area (TPSA) is 76.5 Å². The molecule has 1 aromatic carbocycles. The number of ketones is 1. The van der Waals surface area contributed by atoms with Crippen LogP contribution in [-0.4, -0.2) is 36.2 Å². The number of carbonyl (C=O) groups is 1. The lowest BCUT2D eigenvalue weighted by Gasteiger charge is -2.20. The Morgan fingerprint density at radius 3 is 2.78 bits per heavy atom. The third kappa shape index (κ3) is 3.01. The molecule has 120 valence electrons. The first kappa shape index (κ1) is 15.7. The van der Waals surface area contributed by atoms with E-state index in [-0.39, 0.29) is 16.6 Å². The van der Waals surface area contributed by atoms with Gasteiger partial charge in [-0.2, -0.15) is 0 Å². The van der Waals surface area contributed by atoms with Crippen molar-refractivity contribution in [3.63, 3.8) is 0 Å². The number of nitrogens with one attached hydrogen (secondary N) is 1. The van der Waals surface area contributed by atoms with Crippen LogP contribution in [0.25, 0.3) is 10.9 Å². The number of carbonyl (C=O) groups excluding carboxylic acids is 1. The highest BCUT2D eigenvalue weighted by molar-refractivity contribution is 8.00. The van der Waals surface area contributed by atoms with Crippen LogP contribution in [-0.2, 0) is 5.54 Å². The smallest absolute Gasteiger partial charge is 0.210 e. The number of aromatic nitrogens is 5. The van der Waals surface area contributed by atoms with E-state index in [9.17, 15) is 4.79 Å². The van der Waals surface area contributed by atoms with Crippen molar-refractivity contribution in [2.75, 3.05) is 0 Å². The molecule has 2 aromatic heterocycles. The standard InChI is InChI=1S/C16H19N5OS/c1-10(23-15-18-19-20-21(15)16(2,3)4)14(22)12-9-17-13-8-6-5-7-11(12)13/h5-10,17H,1-4H3. The van der Waals surface area contributed by atoms with Crippen LogP contribution in [0.1, 0.15) is 38.1 Å². The first-order chi connectivity index (χ1) is 10.9. The lowest BCUT2D eigenvalue weighted by atomic mass is 10.1. The van der Waals surface area contributed by atoms with Gasteiger partial charge in [0.05, 0.1) is 10.8 Å². The Morgan fingerprint density at radius 2 is 2.04 bits per heavy atom. The minimum atomic E-state index is -0.277. The van der Waals surface area contributed by atoms with Crippen molar-refractivity contribution < 1.29 is 4.79 Å². The second-order valence-electron chi connectivity index (χ2n) is 6.42. The first-order valence-corrected chi connectivity index (χ1v) is 8.32. The summed E-state index contributed by atoms with van der Waals surface area (Å²) in [6, 6.07) is 7.80. The van der Waals surface area contributed by atoms with E-state index < -0.39 is 0 Å². The Kier molecular flexibility index (Phi) is 3.97. The zero-order valence-electron chi connectivity index (χ0n) is 13.6. The SMILES string of the molecule is CC(Sc1nnnn1C(C)(C)C)C(=O)c1c[nH]c2ccccc12. The van der Waals surface area contributed by atoms with Crippen LogP contribution in [0, 0.1) is 0 Å². The van der Waals surface area contributed by atoms with Crippen LogP contribution in [0.3, 0.4) is 0 Å². The van der Waals surface area contributed by atoms with Crippen molar-refractivity contribution in [3.8, 4) is 0 Å². The second-order valence-corrected chi connectivity index (χ2v) is 7.72. The molecular weight excluding hydrogens is 310 g/mol. The summed E-state index contributed by atoms with van der Waals surface area (Å²) >= 11 is 1.38. The fourth-order valence-electron chi connectivity index (χ4n) is 2.38. The maximum Gasteiger partial charge on any atom is 0.210 e. The molecule has 0 aliphatic carbocycles. The number of fused-ring (bicyclic) bond motifs is 1. The summed E-state index contributed by atoms with van der Waals surface area (Å²) in [6.45, 7) is 7.97. The molecule has 3 rings (SSSR count). The van der Waals surface area contributed by atoms with E-state index in [0.717, 1.165) is 10.9 Å². The Bertz CT molecular complexity index is 845. The van der Waals surface area contributed by atoms with E-state index in [1.165, 1.54) is 11.8 Å². The van der Waals surface area contributed by atoms with Crippen LogP contribution in [0.5, 0.6) is 0 Å². The minimum absolute atomic E-state index is 0.0657. The summed E-state index contributed by atoms with van der Waals surface area (Å²) in [5.74, 6) is 0.0657. The number of aromatic amines is 1. The average molecular weight is 329 g/mol. The summed E-state index contributed by atoms with van der Waals surface area (Å²) < 4.78 is 1.75. The average Bonchev–Trinajstić information content (AvgIpc) is 3.12. The molecule has 2 heterocycles. The van der Waals surface area contributed by atoms with E-state index >= 15 is 0 Å². The molecule has 6 nitrogen and oxygen atoms in total. The first-order valence-electron chi connectivity index (χ1n) is 7.44. The molecule has 0 radical (unpaired) electrons. The molecule has 0 saturated carbocycles. The van der Waals surface area contributed by atoms with E-state index in [0.29, 0.717) is 10.7 Å². The zero-order chi connectivity index (χ0) is 16.6. The number of para-hydroxylation sites is 1. The highest BCUT2D eigenvalue weighted by Crippen LogP contribution is 2.28. The molecule has 0 aliphatic heterocycles. The van der Waals surface area contributed by atoms with Crippen LogP contribution < -0.4 is 0 Å². The number of hydrogen-bond donors (Lipinski definition) is 1. The molecular formula is C16H19N5OS. The van der Waals surface area contributed by atoms with Crippen molar-refractivity contribution in [2.24, 2.45) is 0 Å². The number of rotatable bonds is 4. The molecule has 0 saturated heterocycles. The summed E-state index contributed by atoms with van der Waals surface area (Å²) in [5.41, 5.74) is 1.44. The Balaban J connectivity index is 1.85. The monoisotopic (exact) mass is 329 g/mol. The largest absolute Gasteiger partial charge is 0.360 e. The predicted octanol–water partition coefficient (Wildman–Crippen LogP) is 3.27. The van der Waals surface area contributed by atoms with Crippen LogP contribution in [0.2, 0.25) is 0 Å². The predicted molar refractivity (Wildman–Crippen MR) is 90.8 cm³/mol. The summed E-state index contributed by atoms with van der Waals surface area (Å²) in [6.07, 6.45) is 1.77. The van der Waals surface area contributed by atoms with Gasteiger partial charge in [-0.15, -0.1) is 5.10 Å². The summed E-state index contributed by atoms with van der Waals surface area (Å²) in [7, 11) is 0. The van der Waals surface area contributed by atoms with Gasteiger partial charge in [0.2, 0.25) is 5.16 Å². The van der Waals surface area contributed by atoms with E-state index in [4.69, 9.17) is 0 Å². The molecule has 1 N–H and O–H groups in total. The number of H-pyrrole nitrogens is 1. The number of thioether (sulfide) groups is 1. The number of tetrazole rings is 1. The maximum atomic E-state index is 12.8. The van der Waals surface area contributed by atoms with E-state index in [2.05, 4.69) is 20.5 Å². The molecule has 23 heavy (non-hydrogen) atoms. The van der Waals surface area contributed by atoms with Crippen molar-refractivity contribution in [3.05, 3.63) is 36.0 Å². The summed E-state index contributed by atoms with van der Waals surface area (Å²) in [4.78, 5) is 15.9. The molecule has 0 amide bonds. The number of Topliss-reactive ketones (excluding diaryl/α,β-unsaturated/α-hetero) is 1. The Hall–Kier alpha value is -2.15. The van der Waals surface area contributed by atoms with Crippen molar-refractivity contribution >= 4 is 28.4 Å².